The summed E-state index contributed by atoms with van der Waals surface area (Å²) in [7, 11) is 0. The lowest BCUT2D eigenvalue weighted by atomic mass is 9.92. The van der Waals surface area contributed by atoms with Gasteiger partial charge in [-0.05, 0) is 18.9 Å². The number of carbonyl (C=O) groups excluding carboxylic acids is 2. The lowest BCUT2D eigenvalue weighted by molar-refractivity contribution is -0.143. The molecule has 2 rings (SSSR count). The van der Waals surface area contributed by atoms with E-state index >= 15 is 0 Å². The number of allylic oxidation sites excluding steroid dienone is 1. The van der Waals surface area contributed by atoms with Crippen LogP contribution in [0.25, 0.3) is 0 Å². The van der Waals surface area contributed by atoms with Crippen LogP contribution in [0.3, 0.4) is 0 Å². The van der Waals surface area contributed by atoms with E-state index in [2.05, 4.69) is 6.58 Å². The molecule has 1 aromatic rings. The number of aliphatic carboxylic acids is 1. The summed E-state index contributed by atoms with van der Waals surface area (Å²) >= 11 is 0. The van der Waals surface area contributed by atoms with E-state index in [1.54, 1.807) is 19.1 Å². The van der Waals surface area contributed by atoms with Crippen molar-refractivity contribution in [1.29, 1.82) is 0 Å². The Morgan fingerprint density at radius 2 is 2.00 bits per heavy atom. The van der Waals surface area contributed by atoms with Crippen molar-refractivity contribution in [1.82, 2.24) is 4.90 Å². The van der Waals surface area contributed by atoms with Gasteiger partial charge in [0.15, 0.2) is 5.78 Å². The van der Waals surface area contributed by atoms with Crippen LogP contribution in [-0.2, 0) is 20.9 Å². The van der Waals surface area contributed by atoms with Gasteiger partial charge in [-0.25, -0.2) is 9.59 Å². The third-order valence-corrected chi connectivity index (χ3v) is 3.72. The van der Waals surface area contributed by atoms with Crippen LogP contribution in [0.5, 0.6) is 0 Å². The van der Waals surface area contributed by atoms with Crippen LogP contribution in [0.2, 0.25) is 0 Å². The van der Waals surface area contributed by atoms with Crippen molar-refractivity contribution in [2.24, 2.45) is 5.92 Å². The standard InChI is InChI=1S/C17H19NO5/c1-11(2)8-13-14(19)9-18(15(13)16(20)21)17(22)23-10-12-6-4-3-5-7-12/h3-7,13,15H,1,8-10H2,2H3,(H,20,21)/t13-,15+/m1/s1. The molecule has 0 saturated carbocycles. The highest BCUT2D eigenvalue weighted by Crippen LogP contribution is 2.28. The predicted octanol–water partition coefficient (Wildman–Crippen LogP) is 2.24. The van der Waals surface area contributed by atoms with Crippen molar-refractivity contribution in [2.75, 3.05) is 6.54 Å². The first-order valence-corrected chi connectivity index (χ1v) is 7.27. The highest BCUT2D eigenvalue weighted by Gasteiger charge is 2.47. The highest BCUT2D eigenvalue weighted by molar-refractivity contribution is 5.97. The van der Waals surface area contributed by atoms with Crippen LogP contribution in [0.4, 0.5) is 4.79 Å². The van der Waals surface area contributed by atoms with Gasteiger partial charge in [0.1, 0.15) is 12.6 Å². The molecule has 1 amide bonds. The van der Waals surface area contributed by atoms with Crippen molar-refractivity contribution in [3.63, 3.8) is 0 Å². The molecule has 1 saturated heterocycles. The van der Waals surface area contributed by atoms with Gasteiger partial charge in [0.2, 0.25) is 0 Å². The third-order valence-electron chi connectivity index (χ3n) is 3.72. The molecule has 23 heavy (non-hydrogen) atoms. The fourth-order valence-corrected chi connectivity index (χ4v) is 2.66. The van der Waals surface area contributed by atoms with E-state index in [-0.39, 0.29) is 25.4 Å². The first kappa shape index (κ1) is 16.7. The highest BCUT2D eigenvalue weighted by atomic mass is 16.6. The first-order chi connectivity index (χ1) is 10.9. The molecule has 1 aliphatic heterocycles. The zero-order chi connectivity index (χ0) is 17.0. The average Bonchev–Trinajstić information content (AvgIpc) is 2.82. The number of Topliss-reactive ketones (excluding diaryl/α,β-unsaturated/α-hetero) is 1. The van der Waals surface area contributed by atoms with E-state index in [9.17, 15) is 19.5 Å². The summed E-state index contributed by atoms with van der Waals surface area (Å²) < 4.78 is 5.14. The van der Waals surface area contributed by atoms with Crippen molar-refractivity contribution >= 4 is 17.8 Å². The molecule has 1 heterocycles. The zero-order valence-corrected chi connectivity index (χ0v) is 12.9. The molecule has 2 atom stereocenters. The number of carbonyl (C=O) groups is 3. The number of hydrogen-bond acceptors (Lipinski definition) is 4. The van der Waals surface area contributed by atoms with E-state index < -0.39 is 24.0 Å². The topological polar surface area (TPSA) is 83.9 Å². The van der Waals surface area contributed by atoms with Crippen LogP contribution in [0.1, 0.15) is 18.9 Å². The maximum Gasteiger partial charge on any atom is 0.411 e. The van der Waals surface area contributed by atoms with Gasteiger partial charge in [-0.15, -0.1) is 6.58 Å². The molecule has 0 spiro atoms. The number of carboxylic acid groups (broad SMARTS) is 1. The molecule has 1 aliphatic rings. The summed E-state index contributed by atoms with van der Waals surface area (Å²) in [5.74, 6) is -2.26. The Morgan fingerprint density at radius 3 is 2.57 bits per heavy atom. The fourth-order valence-electron chi connectivity index (χ4n) is 2.66. The largest absolute Gasteiger partial charge is 0.480 e. The van der Waals surface area contributed by atoms with Gasteiger partial charge < -0.3 is 9.84 Å². The van der Waals surface area contributed by atoms with E-state index in [1.807, 2.05) is 18.2 Å². The van der Waals surface area contributed by atoms with Gasteiger partial charge in [-0.2, -0.15) is 0 Å². The summed E-state index contributed by atoms with van der Waals surface area (Å²) in [6.45, 7) is 5.22. The van der Waals surface area contributed by atoms with E-state index in [0.717, 1.165) is 10.5 Å². The third kappa shape index (κ3) is 3.97. The lowest BCUT2D eigenvalue weighted by Crippen LogP contribution is -2.43. The Bertz CT molecular complexity index is 625. The normalized spacial score (nSPS) is 20.4. The number of nitrogens with zero attached hydrogens (tertiary/aromatic N) is 1. The molecule has 6 heteroatoms. The van der Waals surface area contributed by atoms with Crippen LogP contribution in [0.15, 0.2) is 42.5 Å². The van der Waals surface area contributed by atoms with Crippen molar-refractivity contribution in [3.05, 3.63) is 48.0 Å². The average molecular weight is 317 g/mol. The van der Waals surface area contributed by atoms with E-state index in [1.165, 1.54) is 0 Å². The fraction of sp³-hybridized carbons (Fsp3) is 0.353. The Hall–Kier alpha value is -2.63. The number of likely N-dealkylation sites (tertiary alicyclic amines) is 1. The molecular weight excluding hydrogens is 298 g/mol. The quantitative estimate of drug-likeness (QED) is 0.842. The number of amides is 1. The summed E-state index contributed by atoms with van der Waals surface area (Å²) in [6, 6.07) is 7.84. The SMILES string of the molecule is C=C(C)C[C@@H]1C(=O)CN(C(=O)OCc2ccccc2)[C@@H]1C(=O)O. The first-order valence-electron chi connectivity index (χ1n) is 7.27. The Morgan fingerprint density at radius 1 is 1.35 bits per heavy atom. The molecule has 122 valence electrons. The second kappa shape index (κ2) is 7.09. The summed E-state index contributed by atoms with van der Waals surface area (Å²) in [4.78, 5) is 36.7. The van der Waals surface area contributed by atoms with Gasteiger partial charge >= 0.3 is 12.1 Å². The number of rotatable bonds is 5. The second-order valence-electron chi connectivity index (χ2n) is 5.69. The minimum Gasteiger partial charge on any atom is -0.480 e. The number of carboxylic acids is 1. The molecule has 1 fully saturated rings. The number of hydrogen-bond donors (Lipinski definition) is 1. The molecule has 1 N–H and O–H groups in total. The summed E-state index contributed by atoms with van der Waals surface area (Å²) in [6.07, 6.45) is -0.544. The monoisotopic (exact) mass is 317 g/mol. The molecule has 0 unspecified atom stereocenters. The van der Waals surface area contributed by atoms with Crippen molar-refractivity contribution in [3.8, 4) is 0 Å². The molecule has 0 aromatic heterocycles. The Kier molecular flexibility index (Phi) is 5.16. The number of ketones is 1. The van der Waals surface area contributed by atoms with Gasteiger partial charge in [-0.1, -0.05) is 35.9 Å². The van der Waals surface area contributed by atoms with Crippen LogP contribution in [0, 0.1) is 5.92 Å². The zero-order valence-electron chi connectivity index (χ0n) is 12.9. The summed E-state index contributed by atoms with van der Waals surface area (Å²) in [5.41, 5.74) is 1.49. The smallest absolute Gasteiger partial charge is 0.411 e. The minimum absolute atomic E-state index is 0.0296. The van der Waals surface area contributed by atoms with Crippen molar-refractivity contribution < 1.29 is 24.2 Å². The molecule has 0 aliphatic carbocycles. The number of benzene rings is 1. The molecule has 1 aromatic carbocycles. The maximum absolute atomic E-state index is 12.2. The van der Waals surface area contributed by atoms with Gasteiger partial charge in [0, 0.05) is 0 Å². The van der Waals surface area contributed by atoms with Gasteiger partial charge in [0.05, 0.1) is 12.5 Å². The predicted molar refractivity (Wildman–Crippen MR) is 82.7 cm³/mol. The van der Waals surface area contributed by atoms with Crippen LogP contribution >= 0.6 is 0 Å². The maximum atomic E-state index is 12.2. The molecular formula is C17H19NO5. The van der Waals surface area contributed by atoms with Crippen LogP contribution in [-0.4, -0.2) is 40.4 Å². The second-order valence-corrected chi connectivity index (χ2v) is 5.69. The van der Waals surface area contributed by atoms with Crippen LogP contribution < -0.4 is 0 Å². The van der Waals surface area contributed by atoms with E-state index in [0.29, 0.717) is 5.57 Å². The number of ether oxygens (including phenoxy) is 1. The summed E-state index contributed by atoms with van der Waals surface area (Å²) in [5, 5.41) is 9.39. The minimum atomic E-state index is -1.21. The molecule has 0 radical (unpaired) electrons. The molecule has 6 nitrogen and oxygen atoms in total. The Labute approximate surface area is 134 Å². The Balaban J connectivity index is 2.07. The lowest BCUT2D eigenvalue weighted by Gasteiger charge is -2.23. The van der Waals surface area contributed by atoms with Gasteiger partial charge in [-0.3, -0.25) is 9.69 Å². The van der Waals surface area contributed by atoms with E-state index in [4.69, 9.17) is 4.74 Å². The molecule has 0 bridgehead atoms. The van der Waals surface area contributed by atoms with Gasteiger partial charge in [0.25, 0.3) is 0 Å². The van der Waals surface area contributed by atoms with Crippen molar-refractivity contribution in [2.45, 2.75) is 26.0 Å².